The summed E-state index contributed by atoms with van der Waals surface area (Å²) in [5, 5.41) is 2.49. The lowest BCUT2D eigenvalue weighted by molar-refractivity contribution is -0.137. The molecular formula is C20H18Cl3F3N2O3S. The van der Waals surface area contributed by atoms with E-state index in [1.54, 1.807) is 18.2 Å². The van der Waals surface area contributed by atoms with Crippen LogP contribution < -0.4 is 5.32 Å². The number of anilines is 1. The second-order valence-electron chi connectivity index (χ2n) is 7.31. The van der Waals surface area contributed by atoms with Crippen LogP contribution in [0.4, 0.5) is 18.9 Å². The van der Waals surface area contributed by atoms with Crippen molar-refractivity contribution in [2.45, 2.75) is 24.8 Å². The highest BCUT2D eigenvalue weighted by molar-refractivity contribution is 7.88. The largest absolute Gasteiger partial charge is 0.417 e. The van der Waals surface area contributed by atoms with Crippen LogP contribution in [-0.4, -0.2) is 31.7 Å². The minimum atomic E-state index is -4.65. The number of alkyl halides is 3. The van der Waals surface area contributed by atoms with Crippen LogP contribution in [-0.2, 0) is 26.7 Å². The number of sulfonamides is 1. The monoisotopic (exact) mass is 528 g/mol. The number of nitrogens with one attached hydrogen (secondary N) is 1. The number of carbonyl (C=O) groups excluding carboxylic acids is 1. The number of nitrogens with zero attached hydrogens (tertiary/aromatic N) is 1. The molecule has 174 valence electrons. The Morgan fingerprint density at radius 2 is 1.62 bits per heavy atom. The lowest BCUT2D eigenvalue weighted by Gasteiger charge is -2.30. The van der Waals surface area contributed by atoms with E-state index in [2.05, 4.69) is 5.32 Å². The lowest BCUT2D eigenvalue weighted by Crippen LogP contribution is -2.42. The summed E-state index contributed by atoms with van der Waals surface area (Å²) in [5.74, 6) is -1.39. The standard InChI is InChI=1S/C20H18Cl3F3N2O3S/c21-16-2-1-3-17(22)14(16)11-32(30,31)28-8-6-12(7-9-28)19(29)27-13-4-5-18(23)15(10-13)20(24,25)26/h1-5,10,12H,6-9,11H2,(H,27,29). The van der Waals surface area contributed by atoms with Crippen LogP contribution in [0.15, 0.2) is 36.4 Å². The predicted octanol–water partition coefficient (Wildman–Crippen LogP) is 5.85. The van der Waals surface area contributed by atoms with Crippen molar-refractivity contribution in [3.8, 4) is 0 Å². The zero-order chi connectivity index (χ0) is 23.7. The van der Waals surface area contributed by atoms with E-state index in [-0.39, 0.29) is 47.4 Å². The Labute approximate surface area is 198 Å². The number of benzene rings is 2. The van der Waals surface area contributed by atoms with E-state index < -0.39 is 38.6 Å². The topological polar surface area (TPSA) is 66.5 Å². The Kier molecular flexibility index (Phi) is 7.66. The van der Waals surface area contributed by atoms with E-state index in [1.807, 2.05) is 0 Å². The Morgan fingerprint density at radius 3 is 2.19 bits per heavy atom. The van der Waals surface area contributed by atoms with Gasteiger partial charge in [0.25, 0.3) is 0 Å². The number of hydrogen-bond acceptors (Lipinski definition) is 3. The molecule has 1 aliphatic rings. The predicted molar refractivity (Wildman–Crippen MR) is 118 cm³/mol. The minimum absolute atomic E-state index is 0.0323. The Hall–Kier alpha value is -1.52. The maximum absolute atomic E-state index is 13.0. The number of piperidine rings is 1. The molecule has 5 nitrogen and oxygen atoms in total. The zero-order valence-corrected chi connectivity index (χ0v) is 19.5. The normalized spacial score (nSPS) is 16.2. The molecule has 0 atom stereocenters. The maximum atomic E-state index is 13.0. The van der Waals surface area contributed by atoms with Crippen molar-refractivity contribution in [2.24, 2.45) is 5.92 Å². The summed E-state index contributed by atoms with van der Waals surface area (Å²) in [5.41, 5.74) is -0.773. The van der Waals surface area contributed by atoms with Gasteiger partial charge in [-0.05, 0) is 43.2 Å². The SMILES string of the molecule is O=C(Nc1ccc(Cl)c(C(F)(F)F)c1)C1CCN(S(=O)(=O)Cc2c(Cl)cccc2Cl)CC1. The van der Waals surface area contributed by atoms with Crippen molar-refractivity contribution < 1.29 is 26.4 Å². The summed E-state index contributed by atoms with van der Waals surface area (Å²) < 4.78 is 65.8. The summed E-state index contributed by atoms with van der Waals surface area (Å²) in [6.45, 7) is 0.188. The van der Waals surface area contributed by atoms with E-state index in [4.69, 9.17) is 34.8 Å². The van der Waals surface area contributed by atoms with Gasteiger partial charge >= 0.3 is 6.18 Å². The van der Waals surface area contributed by atoms with Crippen molar-refractivity contribution in [3.05, 3.63) is 62.6 Å². The second-order valence-corrected chi connectivity index (χ2v) is 10.5. The molecule has 32 heavy (non-hydrogen) atoms. The third kappa shape index (κ3) is 5.88. The lowest BCUT2D eigenvalue weighted by atomic mass is 9.97. The fourth-order valence-electron chi connectivity index (χ4n) is 3.40. The number of halogens is 6. The fourth-order valence-corrected chi connectivity index (χ4v) is 5.94. The van der Waals surface area contributed by atoms with Crippen molar-refractivity contribution in [1.82, 2.24) is 4.31 Å². The molecule has 1 fully saturated rings. The van der Waals surface area contributed by atoms with E-state index in [9.17, 15) is 26.4 Å². The highest BCUT2D eigenvalue weighted by atomic mass is 35.5. The van der Waals surface area contributed by atoms with Crippen LogP contribution in [0.2, 0.25) is 15.1 Å². The first-order valence-electron chi connectivity index (χ1n) is 9.47. The Bertz CT molecular complexity index is 1100. The molecular weight excluding hydrogens is 512 g/mol. The summed E-state index contributed by atoms with van der Waals surface area (Å²) in [4.78, 5) is 12.5. The number of rotatable bonds is 5. The molecule has 2 aromatic carbocycles. The van der Waals surface area contributed by atoms with E-state index in [1.165, 1.54) is 10.4 Å². The molecule has 0 unspecified atom stereocenters. The zero-order valence-electron chi connectivity index (χ0n) is 16.4. The van der Waals surface area contributed by atoms with Gasteiger partial charge in [0.2, 0.25) is 15.9 Å². The third-order valence-corrected chi connectivity index (χ3v) is 7.99. The van der Waals surface area contributed by atoms with Crippen molar-refractivity contribution in [3.63, 3.8) is 0 Å². The molecule has 3 rings (SSSR count). The first kappa shape index (κ1) is 25.1. The molecule has 12 heteroatoms. The molecule has 1 amide bonds. The van der Waals surface area contributed by atoms with Crippen LogP contribution in [0.3, 0.4) is 0 Å². The van der Waals surface area contributed by atoms with Crippen molar-refractivity contribution in [1.29, 1.82) is 0 Å². The molecule has 1 saturated heterocycles. The molecule has 1 heterocycles. The number of carbonyl (C=O) groups is 1. The number of amides is 1. The molecule has 0 radical (unpaired) electrons. The van der Waals surface area contributed by atoms with Crippen LogP contribution in [0.1, 0.15) is 24.0 Å². The van der Waals surface area contributed by atoms with Crippen molar-refractivity contribution in [2.75, 3.05) is 18.4 Å². The molecule has 0 aromatic heterocycles. The van der Waals surface area contributed by atoms with Crippen LogP contribution >= 0.6 is 34.8 Å². The third-order valence-electron chi connectivity index (χ3n) is 5.15. The van der Waals surface area contributed by atoms with Gasteiger partial charge in [-0.25, -0.2) is 12.7 Å². The summed E-state index contributed by atoms with van der Waals surface area (Å²) in [6, 6.07) is 7.83. The van der Waals surface area contributed by atoms with Gasteiger partial charge in [-0.3, -0.25) is 4.79 Å². The quantitative estimate of drug-likeness (QED) is 0.529. The van der Waals surface area contributed by atoms with Gasteiger partial charge in [-0.2, -0.15) is 13.2 Å². The first-order chi connectivity index (χ1) is 14.9. The molecule has 0 spiro atoms. The fraction of sp³-hybridized carbons (Fsp3) is 0.350. The highest BCUT2D eigenvalue weighted by Gasteiger charge is 2.34. The van der Waals surface area contributed by atoms with Gasteiger partial charge in [0.1, 0.15) is 0 Å². The number of hydrogen-bond donors (Lipinski definition) is 1. The molecule has 2 aromatic rings. The first-order valence-corrected chi connectivity index (χ1v) is 12.2. The maximum Gasteiger partial charge on any atom is 0.417 e. The Morgan fingerprint density at radius 1 is 1.03 bits per heavy atom. The van der Waals surface area contributed by atoms with Gasteiger partial charge in [0.05, 0.1) is 16.3 Å². The molecule has 0 aliphatic carbocycles. The van der Waals surface area contributed by atoms with E-state index in [0.717, 1.165) is 12.1 Å². The summed E-state index contributed by atoms with van der Waals surface area (Å²) in [6.07, 6.45) is -4.20. The van der Waals surface area contributed by atoms with E-state index >= 15 is 0 Å². The summed E-state index contributed by atoms with van der Waals surface area (Å²) in [7, 11) is -3.72. The van der Waals surface area contributed by atoms with Gasteiger partial charge in [0, 0.05) is 40.3 Å². The van der Waals surface area contributed by atoms with Crippen LogP contribution in [0.25, 0.3) is 0 Å². The summed E-state index contributed by atoms with van der Waals surface area (Å²) >= 11 is 17.7. The minimum Gasteiger partial charge on any atom is -0.326 e. The molecule has 1 N–H and O–H groups in total. The molecule has 0 bridgehead atoms. The Balaban J connectivity index is 1.62. The van der Waals surface area contributed by atoms with Crippen LogP contribution in [0, 0.1) is 5.92 Å². The molecule has 1 aliphatic heterocycles. The van der Waals surface area contributed by atoms with Gasteiger partial charge in [0.15, 0.2) is 0 Å². The van der Waals surface area contributed by atoms with Gasteiger partial charge < -0.3 is 5.32 Å². The van der Waals surface area contributed by atoms with Crippen molar-refractivity contribution >= 4 is 56.4 Å². The van der Waals surface area contributed by atoms with Gasteiger partial charge in [-0.1, -0.05) is 40.9 Å². The van der Waals surface area contributed by atoms with E-state index in [0.29, 0.717) is 5.56 Å². The average molecular weight is 530 g/mol. The second kappa shape index (κ2) is 9.77. The smallest absolute Gasteiger partial charge is 0.326 e. The average Bonchev–Trinajstić information content (AvgIpc) is 2.71. The van der Waals surface area contributed by atoms with Gasteiger partial charge in [-0.15, -0.1) is 0 Å². The molecule has 0 saturated carbocycles. The highest BCUT2D eigenvalue weighted by Crippen LogP contribution is 2.36. The van der Waals surface area contributed by atoms with Crippen LogP contribution in [0.5, 0.6) is 0 Å².